The predicted molar refractivity (Wildman–Crippen MR) is 85.7 cm³/mol. The lowest BCUT2D eigenvalue weighted by Crippen LogP contribution is -2.54. The van der Waals surface area contributed by atoms with Crippen molar-refractivity contribution in [2.45, 2.75) is 46.1 Å². The van der Waals surface area contributed by atoms with Crippen molar-refractivity contribution in [1.82, 2.24) is 4.98 Å². The maximum Gasteiger partial charge on any atom is 0.147 e. The minimum absolute atomic E-state index is 0.0504. The number of nitriles is 1. The van der Waals surface area contributed by atoms with Gasteiger partial charge in [-0.25, -0.2) is 4.98 Å². The molecule has 1 aliphatic heterocycles. The first-order valence-electron chi connectivity index (χ1n) is 7.89. The summed E-state index contributed by atoms with van der Waals surface area (Å²) in [7, 11) is 0. The molecule has 0 saturated carbocycles. The Labute approximate surface area is 132 Å². The van der Waals surface area contributed by atoms with Crippen LogP contribution in [0, 0.1) is 30.6 Å². The van der Waals surface area contributed by atoms with Crippen LogP contribution >= 0.6 is 0 Å². The second-order valence-electron chi connectivity index (χ2n) is 6.39. The summed E-state index contributed by atoms with van der Waals surface area (Å²) in [6.07, 6.45) is 1.73. The van der Waals surface area contributed by atoms with E-state index in [0.29, 0.717) is 30.9 Å². The van der Waals surface area contributed by atoms with E-state index in [2.05, 4.69) is 22.9 Å². The van der Waals surface area contributed by atoms with Crippen molar-refractivity contribution in [1.29, 1.82) is 5.26 Å². The van der Waals surface area contributed by atoms with E-state index in [1.807, 2.05) is 19.9 Å². The van der Waals surface area contributed by atoms with Gasteiger partial charge in [0, 0.05) is 24.2 Å². The molecular formula is C17H25N3O2. The van der Waals surface area contributed by atoms with Gasteiger partial charge in [0.1, 0.15) is 11.9 Å². The molecule has 0 amide bonds. The van der Waals surface area contributed by atoms with Gasteiger partial charge in [-0.05, 0) is 38.3 Å². The molecule has 1 aromatic heterocycles. The minimum atomic E-state index is -0.529. The first-order valence-corrected chi connectivity index (χ1v) is 7.89. The highest BCUT2D eigenvalue weighted by atomic mass is 16.3. The van der Waals surface area contributed by atoms with Crippen LogP contribution < -0.4 is 4.90 Å². The van der Waals surface area contributed by atoms with Gasteiger partial charge >= 0.3 is 0 Å². The fourth-order valence-electron chi connectivity index (χ4n) is 3.49. The van der Waals surface area contributed by atoms with Crippen molar-refractivity contribution in [2.24, 2.45) is 5.41 Å². The molecule has 1 fully saturated rings. The summed E-state index contributed by atoms with van der Waals surface area (Å²) >= 11 is 0. The van der Waals surface area contributed by atoms with Crippen LogP contribution in [0.15, 0.2) is 6.07 Å². The average Bonchev–Trinajstić information content (AvgIpc) is 2.49. The van der Waals surface area contributed by atoms with E-state index in [1.54, 1.807) is 0 Å². The molecule has 2 rings (SSSR count). The highest BCUT2D eigenvalue weighted by Gasteiger charge is 2.42. The Hall–Kier alpha value is -1.64. The zero-order valence-electron chi connectivity index (χ0n) is 13.6. The van der Waals surface area contributed by atoms with Crippen LogP contribution in [0.3, 0.4) is 0 Å². The van der Waals surface area contributed by atoms with Gasteiger partial charge in [-0.2, -0.15) is 5.26 Å². The number of aryl methyl sites for hydroxylation is 2. The van der Waals surface area contributed by atoms with Crippen LogP contribution in [0.5, 0.6) is 0 Å². The number of aromatic nitrogens is 1. The Kier molecular flexibility index (Phi) is 5.05. The lowest BCUT2D eigenvalue weighted by Gasteiger charge is -2.46. The van der Waals surface area contributed by atoms with Crippen molar-refractivity contribution < 1.29 is 10.2 Å². The molecule has 0 bridgehead atoms. The normalized spacial score (nSPS) is 25.1. The second-order valence-corrected chi connectivity index (χ2v) is 6.39. The number of rotatable bonds is 4. The zero-order valence-corrected chi connectivity index (χ0v) is 13.6. The largest absolute Gasteiger partial charge is 0.396 e. The van der Waals surface area contributed by atoms with Crippen molar-refractivity contribution in [3.05, 3.63) is 22.9 Å². The van der Waals surface area contributed by atoms with Crippen LogP contribution in [0.2, 0.25) is 0 Å². The molecule has 5 nitrogen and oxygen atoms in total. The van der Waals surface area contributed by atoms with Crippen LogP contribution in [-0.2, 0) is 0 Å². The summed E-state index contributed by atoms with van der Waals surface area (Å²) in [4.78, 5) is 6.61. The molecule has 120 valence electrons. The Morgan fingerprint density at radius 2 is 2.23 bits per heavy atom. The van der Waals surface area contributed by atoms with Crippen LogP contribution in [0.1, 0.15) is 43.0 Å². The standard InChI is InChI=1S/C17H25N3O2/c1-4-6-17(11-21)10-20(7-5-15(17)22)16-14(9-18)12(2)8-13(3)19-16/h8,15,21-22H,4-7,10-11H2,1-3H3/t15-,17-/m0/s1. The molecule has 0 aromatic carbocycles. The van der Waals surface area contributed by atoms with Crippen LogP contribution in [-0.4, -0.2) is 41.0 Å². The first kappa shape index (κ1) is 16.7. The Bertz CT molecular complexity index is 582. The van der Waals surface area contributed by atoms with E-state index in [-0.39, 0.29) is 6.61 Å². The van der Waals surface area contributed by atoms with Gasteiger partial charge < -0.3 is 15.1 Å². The van der Waals surface area contributed by atoms with E-state index in [9.17, 15) is 15.5 Å². The van der Waals surface area contributed by atoms with E-state index in [4.69, 9.17) is 0 Å². The molecule has 1 aliphatic rings. The summed E-state index contributed by atoms with van der Waals surface area (Å²) in [6, 6.07) is 4.16. The first-order chi connectivity index (χ1) is 10.5. The predicted octanol–water partition coefficient (Wildman–Crippen LogP) is 1.92. The van der Waals surface area contributed by atoms with Crippen LogP contribution in [0.4, 0.5) is 5.82 Å². The van der Waals surface area contributed by atoms with Crippen molar-refractivity contribution in [3.8, 4) is 6.07 Å². The van der Waals surface area contributed by atoms with Gasteiger partial charge in [0.05, 0.1) is 18.3 Å². The van der Waals surface area contributed by atoms with Crippen LogP contribution in [0.25, 0.3) is 0 Å². The Morgan fingerprint density at radius 3 is 2.82 bits per heavy atom. The van der Waals surface area contributed by atoms with Crippen molar-refractivity contribution >= 4 is 5.82 Å². The van der Waals surface area contributed by atoms with Gasteiger partial charge in [-0.1, -0.05) is 13.3 Å². The Morgan fingerprint density at radius 1 is 1.50 bits per heavy atom. The monoisotopic (exact) mass is 303 g/mol. The highest BCUT2D eigenvalue weighted by Crippen LogP contribution is 2.37. The summed E-state index contributed by atoms with van der Waals surface area (Å²) in [5.41, 5.74) is 1.85. The molecule has 0 spiro atoms. The number of pyridine rings is 1. The minimum Gasteiger partial charge on any atom is -0.396 e. The van der Waals surface area contributed by atoms with E-state index in [1.165, 1.54) is 0 Å². The fraction of sp³-hybridized carbons (Fsp3) is 0.647. The lowest BCUT2D eigenvalue weighted by molar-refractivity contribution is -0.0353. The third-order valence-corrected chi connectivity index (χ3v) is 4.68. The smallest absolute Gasteiger partial charge is 0.147 e. The molecule has 2 N–H and O–H groups in total. The third kappa shape index (κ3) is 2.94. The lowest BCUT2D eigenvalue weighted by atomic mass is 9.74. The van der Waals surface area contributed by atoms with Gasteiger partial charge in [0.25, 0.3) is 0 Å². The molecule has 0 aliphatic carbocycles. The van der Waals surface area contributed by atoms with Gasteiger partial charge in [-0.15, -0.1) is 0 Å². The number of aliphatic hydroxyl groups is 2. The summed E-state index contributed by atoms with van der Waals surface area (Å²) in [6.45, 7) is 7.02. The highest BCUT2D eigenvalue weighted by molar-refractivity contribution is 5.58. The summed E-state index contributed by atoms with van der Waals surface area (Å²) < 4.78 is 0. The summed E-state index contributed by atoms with van der Waals surface area (Å²) in [5.74, 6) is 0.681. The molecule has 0 radical (unpaired) electrons. The second kappa shape index (κ2) is 6.64. The SMILES string of the molecule is CCC[C@@]1(CO)CN(c2nc(C)cc(C)c2C#N)CC[C@@H]1O. The number of hydrogen-bond acceptors (Lipinski definition) is 5. The average molecular weight is 303 g/mol. The van der Waals surface area contributed by atoms with Gasteiger partial charge in [0.2, 0.25) is 0 Å². The van der Waals surface area contributed by atoms with Crippen molar-refractivity contribution in [3.63, 3.8) is 0 Å². The maximum absolute atomic E-state index is 10.4. The molecule has 5 heteroatoms. The van der Waals surface area contributed by atoms with E-state index >= 15 is 0 Å². The third-order valence-electron chi connectivity index (χ3n) is 4.68. The van der Waals surface area contributed by atoms with Gasteiger partial charge in [-0.3, -0.25) is 0 Å². The quantitative estimate of drug-likeness (QED) is 0.888. The van der Waals surface area contributed by atoms with Gasteiger partial charge in [0.15, 0.2) is 0 Å². The van der Waals surface area contributed by atoms with Crippen molar-refractivity contribution in [2.75, 3.05) is 24.6 Å². The Balaban J connectivity index is 2.40. The molecule has 2 heterocycles. The number of piperidine rings is 1. The number of nitrogens with zero attached hydrogens (tertiary/aromatic N) is 3. The topological polar surface area (TPSA) is 80.4 Å². The molecule has 22 heavy (non-hydrogen) atoms. The molecule has 1 aromatic rings. The zero-order chi connectivity index (χ0) is 16.3. The van der Waals surface area contributed by atoms with E-state index < -0.39 is 11.5 Å². The number of aliphatic hydroxyl groups excluding tert-OH is 2. The summed E-state index contributed by atoms with van der Waals surface area (Å²) in [5, 5.41) is 29.7. The number of hydrogen-bond donors (Lipinski definition) is 2. The molecule has 1 saturated heterocycles. The maximum atomic E-state index is 10.4. The molecular weight excluding hydrogens is 278 g/mol. The molecule has 0 unspecified atom stereocenters. The molecule has 2 atom stereocenters. The number of anilines is 1. The fourth-order valence-corrected chi connectivity index (χ4v) is 3.49. The van der Waals surface area contributed by atoms with E-state index in [0.717, 1.165) is 24.1 Å².